The molecule has 0 aromatic heterocycles. The van der Waals surface area contributed by atoms with Gasteiger partial charge in [0.25, 0.3) is 0 Å². The van der Waals surface area contributed by atoms with E-state index in [2.05, 4.69) is 0 Å². The van der Waals surface area contributed by atoms with Crippen molar-refractivity contribution in [3.8, 4) is 0 Å². The Labute approximate surface area is 564 Å². The normalized spacial score (nSPS) is 54.3. The lowest BCUT2D eigenvalue weighted by Gasteiger charge is -2.52. The molecule has 9 fully saturated rings. The third kappa shape index (κ3) is 17.4. The summed E-state index contributed by atoms with van der Waals surface area (Å²) in [6.07, 6.45) is -78.3. The molecule has 0 aliphatic carbocycles. The summed E-state index contributed by atoms with van der Waals surface area (Å²) in [5, 5.41) is 263. The van der Waals surface area contributed by atoms with Crippen LogP contribution in [-0.2, 0) is 80.5 Å². The van der Waals surface area contributed by atoms with Crippen molar-refractivity contribution >= 4 is 0 Å². The van der Waals surface area contributed by atoms with Crippen molar-refractivity contribution in [1.82, 2.24) is 0 Å². The van der Waals surface area contributed by atoms with Crippen LogP contribution >= 0.6 is 0 Å². The molecule has 0 amide bonds. The number of rotatable bonds is 22. The Hall–Kier alpha value is -1.64. The topological polar surface area (TPSA) is 642 Å². The summed E-state index contributed by atoms with van der Waals surface area (Å²) in [5.74, 6) is -2.72. The third-order valence-corrected chi connectivity index (χ3v) is 19.8. The van der Waals surface area contributed by atoms with E-state index in [0.29, 0.717) is 0 Å². The minimum absolute atomic E-state index is 0.544. The van der Waals surface area contributed by atoms with Crippen LogP contribution in [0.3, 0.4) is 0 Å². The molecule has 27 unspecified atom stereocenters. The van der Waals surface area contributed by atoms with Crippen molar-refractivity contribution in [3.63, 3.8) is 0 Å². The monoisotopic (exact) mass is 1450 g/mol. The van der Waals surface area contributed by atoms with Gasteiger partial charge in [0.2, 0.25) is 0 Å². The molecule has 0 radical (unpaired) electrons. The number of aliphatic hydroxyl groups is 24. The molecule has 9 aliphatic rings. The first-order valence-electron chi connectivity index (χ1n) is 32.9. The zero-order valence-electron chi connectivity index (χ0n) is 54.3. The van der Waals surface area contributed by atoms with Gasteiger partial charge in [-0.1, -0.05) is 13.8 Å². The summed E-state index contributed by atoms with van der Waals surface area (Å²) < 4.78 is 103. The summed E-state index contributed by atoms with van der Waals surface area (Å²) in [4.78, 5) is 0. The summed E-state index contributed by atoms with van der Waals surface area (Å²) in [5.41, 5.74) is 0. The van der Waals surface area contributed by atoms with E-state index in [1.54, 1.807) is 0 Å². The lowest BCUT2D eigenvalue weighted by atomic mass is 9.90. The summed E-state index contributed by atoms with van der Waals surface area (Å²) in [7, 11) is 0. The maximum absolute atomic E-state index is 12.4. The van der Waals surface area contributed by atoms with Crippen LogP contribution in [0.25, 0.3) is 0 Å². The highest BCUT2D eigenvalue weighted by Crippen LogP contribution is 2.43. The third-order valence-electron chi connectivity index (χ3n) is 19.8. The second-order valence-corrected chi connectivity index (χ2v) is 26.6. The van der Waals surface area contributed by atoms with E-state index in [0.717, 1.165) is 0 Å². The summed E-state index contributed by atoms with van der Waals surface area (Å²) in [6.45, 7) is 0.735. The van der Waals surface area contributed by atoms with Gasteiger partial charge in [-0.05, 0) is 20.8 Å². The van der Waals surface area contributed by atoms with E-state index in [1.165, 1.54) is 34.6 Å². The SMILES string of the molecule is CC1C(O[C@@H]2OC(C)[C@@H](O)C(O)CC2O)[C@H](O[C@@H]2OC(CO)[C@H](O)C(O[C@@H]3OC(CO)[C@@H](O[C@@H]4OC(CO)[C@H](O)C(O)C4O[C@@H]4OC(C)[C@@H](O)C(O)C4O)C(O[C@@H]4OC(C)[C@@H](O)C(O)C4O)C3C)C2O)C(CO)O[C@H]1OC1CC(O)[C@H](O[C@@H]2C(CO)O[C@@H](O)C(O)C2O)OC(CO)[C@@H]1O. The van der Waals surface area contributed by atoms with Gasteiger partial charge in [0.15, 0.2) is 56.6 Å². The molecule has 99 heavy (non-hydrogen) atoms. The Bertz CT molecular complexity index is 2440. The maximum Gasteiger partial charge on any atom is 0.187 e. The molecular weight excluding hydrogens is 1350 g/mol. The molecule has 0 aromatic carbocycles. The van der Waals surface area contributed by atoms with Gasteiger partial charge >= 0.3 is 0 Å². The second kappa shape index (κ2) is 34.9. The van der Waals surface area contributed by atoms with Gasteiger partial charge in [-0.25, -0.2) is 0 Å². The van der Waals surface area contributed by atoms with Gasteiger partial charge in [0, 0.05) is 24.7 Å². The van der Waals surface area contributed by atoms with E-state index in [4.69, 9.17) is 80.5 Å². The van der Waals surface area contributed by atoms with Crippen LogP contribution in [0.5, 0.6) is 0 Å². The van der Waals surface area contributed by atoms with Gasteiger partial charge in [0.05, 0.1) is 82.4 Å². The molecule has 41 heteroatoms. The Balaban J connectivity index is 0.997. The minimum atomic E-state index is -2.25. The lowest BCUT2D eigenvalue weighted by molar-refractivity contribution is -0.406. The van der Waals surface area contributed by atoms with Gasteiger partial charge in [-0.2, -0.15) is 0 Å². The quantitative estimate of drug-likeness (QED) is 0.0479. The molecule has 9 heterocycles. The maximum atomic E-state index is 12.4. The molecule has 0 saturated carbocycles. The zero-order chi connectivity index (χ0) is 72.7. The Kier molecular flexibility index (Phi) is 28.7. The number of hydrogen-bond donors (Lipinski definition) is 24. The second-order valence-electron chi connectivity index (χ2n) is 26.6. The molecule has 9 saturated heterocycles. The predicted octanol–water partition coefficient (Wildman–Crippen LogP) is -14.2. The molecule has 0 spiro atoms. The van der Waals surface area contributed by atoms with E-state index in [9.17, 15) is 123 Å². The van der Waals surface area contributed by atoms with Crippen molar-refractivity contribution in [2.45, 2.75) is 312 Å². The number of aliphatic hydroxyl groups excluding tert-OH is 24. The Morgan fingerprint density at radius 2 is 0.586 bits per heavy atom. The van der Waals surface area contributed by atoms with Crippen LogP contribution in [0, 0.1) is 11.8 Å². The Morgan fingerprint density at radius 3 is 1.12 bits per heavy atom. The van der Waals surface area contributed by atoms with E-state index in [1.807, 2.05) is 0 Å². The van der Waals surface area contributed by atoms with Gasteiger partial charge < -0.3 is 203 Å². The average Bonchev–Trinajstić information content (AvgIpc) is 1.14. The molecule has 9 aliphatic heterocycles. The minimum Gasteiger partial charge on any atom is -0.394 e. The summed E-state index contributed by atoms with van der Waals surface area (Å²) in [6, 6.07) is 0. The van der Waals surface area contributed by atoms with Crippen molar-refractivity contribution < 1.29 is 203 Å². The number of hydrogen-bond acceptors (Lipinski definition) is 41. The predicted molar refractivity (Wildman–Crippen MR) is 308 cm³/mol. The molecule has 24 N–H and O–H groups in total. The highest BCUT2D eigenvalue weighted by Gasteiger charge is 2.60. The highest BCUT2D eigenvalue weighted by molar-refractivity contribution is 5.02. The smallest absolute Gasteiger partial charge is 0.187 e. The van der Waals surface area contributed by atoms with Crippen LogP contribution in [-0.4, -0.2) is 426 Å². The summed E-state index contributed by atoms with van der Waals surface area (Å²) >= 11 is 0. The molecule has 45 atom stereocenters. The van der Waals surface area contributed by atoms with Gasteiger partial charge in [-0.3, -0.25) is 0 Å². The standard InChI is InChI=1S/C58H100O41/c1-14-43(93-53-20(66)6-19(65)29(68)16(3)83-53)46(27(12-63)91-51(14)87-22-7-21(67)54(88-23(8-59)32(22)71)95-45-26(11-62)86-50(82)39(78)38(45)77)96-57-42(81)48(34(73)25(10-61)89-57)98-52-15(2)44(94-55-40(79)35(74)30(69)17(4)84-55)47(28(13-64)92-52)97-58-49(37(76)33(72)24(9-60)90-58)99-56-41(80)36(75)31(70)18(5)85-56/h14-82H,6-13H2,1-5H3/t14?,15?,16?,17?,18?,19?,20?,21?,22?,23?,24?,25?,26?,27?,28?,29-,30-,31-,32-,33+,34+,35?,36?,37?,38?,39?,40?,41?,42?,43?,44?,45-,46-,47-,48?,49?,50-,51-,52+,53+,54+,55+,56+,57+,58+/m1/s1. The lowest BCUT2D eigenvalue weighted by Crippen LogP contribution is -2.68. The van der Waals surface area contributed by atoms with E-state index < -0.39 is 328 Å². The van der Waals surface area contributed by atoms with Gasteiger partial charge in [-0.15, -0.1) is 0 Å². The van der Waals surface area contributed by atoms with E-state index >= 15 is 0 Å². The fourth-order valence-corrected chi connectivity index (χ4v) is 13.6. The van der Waals surface area contributed by atoms with Crippen LogP contribution in [0.1, 0.15) is 47.5 Å². The Morgan fingerprint density at radius 1 is 0.232 bits per heavy atom. The average molecular weight is 1450 g/mol. The first kappa shape index (κ1) is 81.4. The van der Waals surface area contributed by atoms with Crippen LogP contribution in [0.15, 0.2) is 0 Å². The van der Waals surface area contributed by atoms with Crippen molar-refractivity contribution in [3.05, 3.63) is 0 Å². The largest absolute Gasteiger partial charge is 0.394 e. The van der Waals surface area contributed by atoms with Crippen molar-refractivity contribution in [2.24, 2.45) is 11.8 Å². The van der Waals surface area contributed by atoms with E-state index in [-0.39, 0.29) is 0 Å². The van der Waals surface area contributed by atoms with Crippen molar-refractivity contribution in [2.75, 3.05) is 39.6 Å². The fraction of sp³-hybridized carbons (Fsp3) is 1.00. The molecular formula is C58H100O41. The molecule has 9 rings (SSSR count). The number of ether oxygens (including phenoxy) is 17. The van der Waals surface area contributed by atoms with Crippen LogP contribution in [0.4, 0.5) is 0 Å². The molecule has 41 nitrogen and oxygen atoms in total. The first-order valence-corrected chi connectivity index (χ1v) is 32.9. The molecule has 0 bridgehead atoms. The zero-order valence-corrected chi connectivity index (χ0v) is 54.3. The molecule has 0 aromatic rings. The van der Waals surface area contributed by atoms with Gasteiger partial charge in [0.1, 0.15) is 165 Å². The van der Waals surface area contributed by atoms with Crippen LogP contribution in [0.2, 0.25) is 0 Å². The highest BCUT2D eigenvalue weighted by atomic mass is 16.8. The first-order chi connectivity index (χ1) is 46.8. The van der Waals surface area contributed by atoms with Crippen molar-refractivity contribution in [1.29, 1.82) is 0 Å². The fourth-order valence-electron chi connectivity index (χ4n) is 13.6. The molecule has 578 valence electrons. The van der Waals surface area contributed by atoms with Crippen LogP contribution < -0.4 is 0 Å².